The highest BCUT2D eigenvalue weighted by atomic mass is 16.7. The van der Waals surface area contributed by atoms with Crippen molar-refractivity contribution in [3.05, 3.63) is 11.1 Å². The maximum Gasteiger partial charge on any atom is 0.210 e. The van der Waals surface area contributed by atoms with E-state index in [9.17, 15) is 10.2 Å². The SMILES string of the molecule is BC1Oc2c(O)c3c(c(O)c2O1)C(B)(B)C(B)(N)C3(B)B. The molecular formula is C10H17B6NO4. The molecule has 21 heavy (non-hydrogen) atoms. The lowest BCUT2D eigenvalue weighted by Gasteiger charge is -2.45. The van der Waals surface area contributed by atoms with Crippen LogP contribution in [0.5, 0.6) is 23.0 Å². The van der Waals surface area contributed by atoms with Crippen LogP contribution in [0.2, 0.25) is 0 Å². The van der Waals surface area contributed by atoms with Gasteiger partial charge >= 0.3 is 0 Å². The maximum absolute atomic E-state index is 10.7. The second-order valence-electron chi connectivity index (χ2n) is 7.36. The number of nitrogens with two attached hydrogens (primary N) is 1. The van der Waals surface area contributed by atoms with E-state index in [0.29, 0.717) is 11.1 Å². The Labute approximate surface area is 129 Å². The molecule has 0 saturated heterocycles. The molecule has 2 aliphatic rings. The summed E-state index contributed by atoms with van der Waals surface area (Å²) in [5.74, 6) is 0.462. The van der Waals surface area contributed by atoms with Crippen molar-refractivity contribution in [1.82, 2.24) is 0 Å². The smallest absolute Gasteiger partial charge is 0.210 e. The zero-order valence-corrected chi connectivity index (χ0v) is 13.4. The van der Waals surface area contributed by atoms with E-state index in [1.807, 2.05) is 39.2 Å². The van der Waals surface area contributed by atoms with E-state index < -0.39 is 22.1 Å². The Morgan fingerprint density at radius 3 is 1.52 bits per heavy atom. The fraction of sp³-hybridized carbons (Fsp3) is 0.400. The molecule has 0 aromatic heterocycles. The summed E-state index contributed by atoms with van der Waals surface area (Å²) in [7, 11) is 11.6. The number of phenols is 2. The summed E-state index contributed by atoms with van der Waals surface area (Å²) in [4.78, 5) is 0. The van der Waals surface area contributed by atoms with Crippen LogP contribution >= 0.6 is 0 Å². The van der Waals surface area contributed by atoms with Gasteiger partial charge in [-0.1, -0.05) is 0 Å². The van der Waals surface area contributed by atoms with E-state index in [2.05, 4.69) is 0 Å². The molecule has 0 radical (unpaired) electrons. The van der Waals surface area contributed by atoms with E-state index >= 15 is 0 Å². The second kappa shape index (κ2) is 3.75. The molecule has 3 rings (SSSR count). The molecule has 1 aromatic carbocycles. The Morgan fingerprint density at radius 1 is 0.857 bits per heavy atom. The number of phenolic OH excluding ortho intramolecular Hbond substituents is 2. The average molecular weight is 280 g/mol. The van der Waals surface area contributed by atoms with E-state index in [1.165, 1.54) is 0 Å². The lowest BCUT2D eigenvalue weighted by atomic mass is 9.30. The van der Waals surface area contributed by atoms with Crippen LogP contribution in [0.4, 0.5) is 0 Å². The van der Waals surface area contributed by atoms with Crippen molar-refractivity contribution in [2.75, 3.05) is 0 Å². The van der Waals surface area contributed by atoms with E-state index in [0.717, 1.165) is 0 Å². The van der Waals surface area contributed by atoms with Gasteiger partial charge in [0.15, 0.2) is 17.7 Å². The summed E-state index contributed by atoms with van der Waals surface area (Å²) in [5.41, 5.74) is 7.24. The molecule has 104 valence electrons. The zero-order chi connectivity index (χ0) is 16.0. The van der Waals surface area contributed by atoms with Gasteiger partial charge in [0.1, 0.15) is 39.2 Å². The van der Waals surface area contributed by atoms with Crippen LogP contribution in [0.3, 0.4) is 0 Å². The highest BCUT2D eigenvalue weighted by molar-refractivity contribution is 6.54. The van der Waals surface area contributed by atoms with Gasteiger partial charge in [0.2, 0.25) is 19.3 Å². The van der Waals surface area contributed by atoms with Crippen LogP contribution in [-0.2, 0) is 10.4 Å². The first-order valence-electron chi connectivity index (χ1n) is 7.19. The summed E-state index contributed by atoms with van der Waals surface area (Å²) in [6, 6.07) is 0. The first-order chi connectivity index (χ1) is 9.44. The molecule has 0 atom stereocenters. The van der Waals surface area contributed by atoms with Gasteiger partial charge in [0.05, 0.1) is 0 Å². The van der Waals surface area contributed by atoms with Crippen LogP contribution < -0.4 is 15.2 Å². The summed E-state index contributed by atoms with van der Waals surface area (Å²) in [6.07, 6.45) is -0.533. The molecule has 0 bridgehead atoms. The molecule has 1 aromatic rings. The highest BCUT2D eigenvalue weighted by Crippen LogP contribution is 2.62. The lowest BCUT2D eigenvalue weighted by molar-refractivity contribution is 0.124. The number of ether oxygens (including phenoxy) is 2. The molecule has 0 saturated carbocycles. The van der Waals surface area contributed by atoms with Crippen molar-refractivity contribution in [2.45, 2.75) is 22.1 Å². The Hall–Kier alpha value is -1.23. The van der Waals surface area contributed by atoms with Crippen molar-refractivity contribution in [1.29, 1.82) is 0 Å². The largest absolute Gasteiger partial charge is 0.504 e. The average Bonchev–Trinajstić information content (AvgIpc) is 2.78. The van der Waals surface area contributed by atoms with Crippen molar-refractivity contribution >= 4 is 47.1 Å². The predicted molar refractivity (Wildman–Crippen MR) is 96.4 cm³/mol. The van der Waals surface area contributed by atoms with Gasteiger partial charge in [-0.25, -0.2) is 0 Å². The zero-order valence-electron chi connectivity index (χ0n) is 13.4. The number of rotatable bonds is 0. The van der Waals surface area contributed by atoms with Crippen molar-refractivity contribution in [3.63, 3.8) is 0 Å². The molecule has 5 nitrogen and oxygen atoms in total. The number of benzene rings is 1. The van der Waals surface area contributed by atoms with E-state index in [-0.39, 0.29) is 23.0 Å². The number of aromatic hydroxyl groups is 2. The monoisotopic (exact) mass is 281 g/mol. The highest BCUT2D eigenvalue weighted by Gasteiger charge is 2.60. The fourth-order valence-corrected chi connectivity index (χ4v) is 3.77. The number of fused-ring (bicyclic) bond motifs is 2. The van der Waals surface area contributed by atoms with E-state index in [1.54, 1.807) is 7.85 Å². The van der Waals surface area contributed by atoms with Crippen LogP contribution in [0.15, 0.2) is 0 Å². The van der Waals surface area contributed by atoms with Gasteiger partial charge in [-0.15, -0.1) is 0 Å². The summed E-state index contributed by atoms with van der Waals surface area (Å²) < 4.78 is 11.0. The van der Waals surface area contributed by atoms with Crippen molar-refractivity contribution in [2.24, 2.45) is 5.73 Å². The quantitative estimate of drug-likeness (QED) is 0.325. The summed E-state index contributed by atoms with van der Waals surface area (Å²) in [5, 5.41) is 20.3. The van der Waals surface area contributed by atoms with Crippen LogP contribution in [0.25, 0.3) is 0 Å². The molecular weight excluding hydrogens is 263 g/mol. The minimum atomic E-state index is -0.655. The van der Waals surface area contributed by atoms with Gasteiger partial charge < -0.3 is 25.4 Å². The molecule has 0 unspecified atom stereocenters. The third-order valence-electron chi connectivity index (χ3n) is 5.77. The third-order valence-corrected chi connectivity index (χ3v) is 5.77. The molecule has 0 amide bonds. The van der Waals surface area contributed by atoms with Gasteiger partial charge in [-0.3, -0.25) is 0 Å². The first kappa shape index (κ1) is 14.7. The summed E-state index contributed by atoms with van der Waals surface area (Å²) >= 11 is 0. The Bertz CT molecular complexity index is 609. The minimum Gasteiger partial charge on any atom is -0.504 e. The van der Waals surface area contributed by atoms with Crippen molar-refractivity contribution in [3.8, 4) is 23.0 Å². The lowest BCUT2D eigenvalue weighted by Crippen LogP contribution is -2.67. The normalized spacial score (nSPS) is 23.9. The molecule has 4 N–H and O–H groups in total. The molecule has 1 aliphatic carbocycles. The van der Waals surface area contributed by atoms with Crippen LogP contribution in [-0.4, -0.2) is 68.9 Å². The van der Waals surface area contributed by atoms with Crippen LogP contribution in [0, 0.1) is 0 Å². The number of hydrogen-bond donors (Lipinski definition) is 3. The summed E-state index contributed by atoms with van der Waals surface area (Å²) in [6.45, 7) is 0. The topological polar surface area (TPSA) is 84.9 Å². The molecule has 11 heteroatoms. The van der Waals surface area contributed by atoms with Crippen LogP contribution in [0.1, 0.15) is 11.1 Å². The van der Waals surface area contributed by atoms with Gasteiger partial charge in [0, 0.05) is 0 Å². The van der Waals surface area contributed by atoms with Gasteiger partial charge in [-0.2, -0.15) is 0 Å². The molecule has 1 aliphatic heterocycles. The van der Waals surface area contributed by atoms with Crippen molar-refractivity contribution < 1.29 is 19.7 Å². The first-order valence-corrected chi connectivity index (χ1v) is 7.19. The standard InChI is InChI=1S/C10H17B6NO4/c11-7-20-5-3(18)1-2(4(19)6(5)21-7)9(14,15)10(16,17)8(1,12)13/h7,18-19H,11-17H2. The fourth-order valence-electron chi connectivity index (χ4n) is 3.77. The third kappa shape index (κ3) is 1.43. The second-order valence-corrected chi connectivity index (χ2v) is 7.36. The van der Waals surface area contributed by atoms with Gasteiger partial charge in [-0.05, 0) is 27.0 Å². The maximum atomic E-state index is 10.7. The Kier molecular flexibility index (Phi) is 2.62. The Morgan fingerprint density at radius 2 is 1.19 bits per heavy atom. The van der Waals surface area contributed by atoms with Gasteiger partial charge in [0.25, 0.3) is 0 Å². The van der Waals surface area contributed by atoms with E-state index in [4.69, 9.17) is 15.2 Å². The minimum absolute atomic E-state index is 0.0226. The molecule has 1 heterocycles. The predicted octanol–water partition coefficient (Wildman–Crippen LogP) is -6.07. The molecule has 0 fully saturated rings. The number of hydrogen-bond acceptors (Lipinski definition) is 5. The molecule has 0 spiro atoms. The Balaban J connectivity index is 2.43.